The third-order valence-corrected chi connectivity index (χ3v) is 5.97. The summed E-state index contributed by atoms with van der Waals surface area (Å²) in [5.41, 5.74) is -4.17. The van der Waals surface area contributed by atoms with Gasteiger partial charge >= 0.3 is 12.4 Å². The Kier molecular flexibility index (Phi) is 6.81. The number of ether oxygens (including phenoxy) is 1. The van der Waals surface area contributed by atoms with Crippen molar-refractivity contribution in [3.63, 3.8) is 0 Å². The predicted molar refractivity (Wildman–Crippen MR) is 112 cm³/mol. The number of rotatable bonds is 4. The lowest BCUT2D eigenvalue weighted by Crippen LogP contribution is -2.50. The lowest BCUT2D eigenvalue weighted by Gasteiger charge is -2.36. The van der Waals surface area contributed by atoms with Crippen LogP contribution in [0, 0.1) is 0 Å². The van der Waals surface area contributed by atoms with E-state index in [1.165, 1.54) is 16.8 Å². The van der Waals surface area contributed by atoms with Gasteiger partial charge in [-0.3, -0.25) is 9.59 Å². The predicted octanol–water partition coefficient (Wildman–Crippen LogP) is 1.84. The molecule has 0 aromatic carbocycles. The molecule has 2 aromatic heterocycles. The third kappa shape index (κ3) is 5.22. The normalized spacial score (nSPS) is 18.9. The summed E-state index contributed by atoms with van der Waals surface area (Å²) < 4.78 is 84.1. The van der Waals surface area contributed by atoms with Crippen molar-refractivity contribution in [1.82, 2.24) is 25.1 Å². The Morgan fingerprint density at radius 1 is 1.06 bits per heavy atom. The number of piperazine rings is 1. The highest BCUT2D eigenvalue weighted by Crippen LogP contribution is 2.41. The van der Waals surface area contributed by atoms with Crippen molar-refractivity contribution in [2.24, 2.45) is 0 Å². The fourth-order valence-electron chi connectivity index (χ4n) is 4.10. The number of nitrogens with one attached hydrogen (secondary N) is 1. The summed E-state index contributed by atoms with van der Waals surface area (Å²) in [5.74, 6) is -0.307. The van der Waals surface area contributed by atoms with Crippen LogP contribution in [0.15, 0.2) is 17.2 Å². The number of aromatic amines is 1. The van der Waals surface area contributed by atoms with Gasteiger partial charge in [-0.15, -0.1) is 0 Å². The van der Waals surface area contributed by atoms with Crippen LogP contribution >= 0.6 is 0 Å². The maximum Gasteiger partial charge on any atom is 0.423 e. The van der Waals surface area contributed by atoms with Crippen LogP contribution in [0.5, 0.6) is 0 Å². The van der Waals surface area contributed by atoms with Crippen LogP contribution in [0.3, 0.4) is 0 Å². The molecule has 0 aliphatic carbocycles. The van der Waals surface area contributed by atoms with Crippen LogP contribution in [0.1, 0.15) is 29.3 Å². The van der Waals surface area contributed by atoms with Crippen LogP contribution in [0.25, 0.3) is 0 Å². The Morgan fingerprint density at radius 2 is 1.69 bits per heavy atom. The van der Waals surface area contributed by atoms with Crippen molar-refractivity contribution >= 4 is 17.5 Å². The molecule has 4 heterocycles. The van der Waals surface area contributed by atoms with E-state index >= 15 is 0 Å². The third-order valence-electron chi connectivity index (χ3n) is 5.97. The van der Waals surface area contributed by atoms with Gasteiger partial charge < -0.3 is 19.4 Å². The summed E-state index contributed by atoms with van der Waals surface area (Å²) >= 11 is 0. The molecular formula is C20H21F6N7O3. The summed E-state index contributed by atoms with van der Waals surface area (Å²) in [6, 6.07) is 0. The topological polar surface area (TPSA) is 108 Å². The van der Waals surface area contributed by atoms with Gasteiger partial charge in [0.25, 0.3) is 5.56 Å². The molecule has 36 heavy (non-hydrogen) atoms. The van der Waals surface area contributed by atoms with E-state index in [2.05, 4.69) is 15.1 Å². The number of fused-ring (bicyclic) bond motifs is 1. The van der Waals surface area contributed by atoms with Gasteiger partial charge in [-0.1, -0.05) is 0 Å². The molecule has 196 valence electrons. The second kappa shape index (κ2) is 9.55. The highest BCUT2D eigenvalue weighted by molar-refractivity contribution is 5.77. The van der Waals surface area contributed by atoms with Crippen LogP contribution in [-0.4, -0.2) is 77.4 Å². The van der Waals surface area contributed by atoms with Crippen molar-refractivity contribution < 1.29 is 35.9 Å². The first kappa shape index (κ1) is 25.7. The minimum absolute atomic E-state index is 0.104. The number of hydrogen-bond acceptors (Lipinski definition) is 8. The number of H-pyrrole nitrogens is 1. The standard InChI is InChI=1S/C20H21F6N7O3/c1-31-3-2-12(15-16(31)14(20(24,25)26)17(35)30-29-15)36-10-13(34)32-4-6-33(7-5-32)18-27-8-11(9-28-18)19(21,22)23/h8-9,12H,2-7,10H2,1H3,(H,30,35)/t12-/m0/s1. The van der Waals surface area contributed by atoms with E-state index in [1.807, 2.05) is 5.10 Å². The van der Waals surface area contributed by atoms with Gasteiger partial charge in [0.15, 0.2) is 0 Å². The second-order valence-corrected chi connectivity index (χ2v) is 8.31. The number of alkyl halides is 6. The first-order valence-corrected chi connectivity index (χ1v) is 10.8. The molecule has 1 atom stereocenters. The van der Waals surface area contributed by atoms with Gasteiger partial charge in [0.2, 0.25) is 11.9 Å². The minimum atomic E-state index is -4.90. The second-order valence-electron chi connectivity index (χ2n) is 8.31. The molecule has 2 aliphatic heterocycles. The average Bonchev–Trinajstić information content (AvgIpc) is 2.82. The first-order chi connectivity index (χ1) is 16.9. The Labute approximate surface area is 199 Å². The Hall–Kier alpha value is -3.43. The molecule has 1 amide bonds. The smallest absolute Gasteiger partial charge is 0.372 e. The SMILES string of the molecule is CN1CC[C@H](OCC(=O)N2CCN(c3ncc(C(F)(F)F)cn3)CC2)c2n[nH]c(=O)c(C(F)(F)F)c21. The van der Waals surface area contributed by atoms with Crippen LogP contribution in [0.4, 0.5) is 38.0 Å². The van der Waals surface area contributed by atoms with E-state index in [9.17, 15) is 35.9 Å². The highest BCUT2D eigenvalue weighted by atomic mass is 19.4. The molecule has 1 fully saturated rings. The number of aromatic nitrogens is 4. The van der Waals surface area contributed by atoms with E-state index in [1.54, 1.807) is 4.90 Å². The summed E-state index contributed by atoms with van der Waals surface area (Å²) in [6.45, 7) is 0.719. The number of nitrogens with zero attached hydrogens (tertiary/aromatic N) is 6. The molecule has 1 saturated heterocycles. The van der Waals surface area contributed by atoms with E-state index in [4.69, 9.17) is 4.74 Å². The maximum atomic E-state index is 13.5. The molecular weight excluding hydrogens is 500 g/mol. The van der Waals surface area contributed by atoms with Gasteiger partial charge in [-0.25, -0.2) is 15.1 Å². The number of carbonyl (C=O) groups excluding carboxylic acids is 1. The lowest BCUT2D eigenvalue weighted by molar-refractivity contribution is -0.140. The van der Waals surface area contributed by atoms with Crippen LogP contribution in [-0.2, 0) is 21.9 Å². The highest BCUT2D eigenvalue weighted by Gasteiger charge is 2.42. The van der Waals surface area contributed by atoms with Crippen molar-refractivity contribution in [3.8, 4) is 0 Å². The first-order valence-electron chi connectivity index (χ1n) is 10.8. The molecule has 10 nitrogen and oxygen atoms in total. The summed E-state index contributed by atoms with van der Waals surface area (Å²) in [4.78, 5) is 36.4. The van der Waals surface area contributed by atoms with Gasteiger partial charge in [0, 0.05) is 52.2 Å². The number of hydrogen-bond donors (Lipinski definition) is 1. The van der Waals surface area contributed by atoms with Gasteiger partial charge in [0.05, 0.1) is 11.3 Å². The van der Waals surface area contributed by atoms with Gasteiger partial charge in [-0.2, -0.15) is 31.4 Å². The Bertz CT molecular complexity index is 1160. The molecule has 0 bridgehead atoms. The molecule has 2 aliphatic rings. The Morgan fingerprint density at radius 3 is 2.28 bits per heavy atom. The van der Waals surface area contributed by atoms with Crippen LogP contribution < -0.4 is 15.4 Å². The molecule has 0 saturated carbocycles. The molecule has 4 rings (SSSR count). The molecule has 0 spiro atoms. The molecule has 0 unspecified atom stereocenters. The largest absolute Gasteiger partial charge is 0.423 e. The number of anilines is 2. The van der Waals surface area contributed by atoms with Crippen molar-refractivity contribution in [2.45, 2.75) is 24.9 Å². The number of carbonyl (C=O) groups is 1. The summed E-state index contributed by atoms with van der Waals surface area (Å²) in [5, 5.41) is 5.62. The van der Waals surface area contributed by atoms with E-state index in [0.717, 1.165) is 0 Å². The molecule has 0 radical (unpaired) electrons. The molecule has 16 heteroatoms. The number of amides is 1. The van der Waals surface area contributed by atoms with E-state index in [0.29, 0.717) is 12.4 Å². The summed E-state index contributed by atoms with van der Waals surface area (Å²) in [7, 11) is 1.41. The summed E-state index contributed by atoms with van der Waals surface area (Å²) in [6.07, 6.45) is -8.73. The average molecular weight is 521 g/mol. The zero-order valence-electron chi connectivity index (χ0n) is 18.9. The lowest BCUT2D eigenvalue weighted by atomic mass is 10.0. The quantitative estimate of drug-likeness (QED) is 0.608. The van der Waals surface area contributed by atoms with E-state index < -0.39 is 47.7 Å². The van der Waals surface area contributed by atoms with Crippen LogP contribution in [0.2, 0.25) is 0 Å². The fraction of sp³-hybridized carbons (Fsp3) is 0.550. The van der Waals surface area contributed by atoms with Crippen molar-refractivity contribution in [1.29, 1.82) is 0 Å². The van der Waals surface area contributed by atoms with Crippen molar-refractivity contribution in [2.75, 3.05) is 56.2 Å². The Balaban J connectivity index is 1.37. The maximum absolute atomic E-state index is 13.5. The zero-order chi connectivity index (χ0) is 26.3. The van der Waals surface area contributed by atoms with Gasteiger partial charge in [0.1, 0.15) is 24.0 Å². The van der Waals surface area contributed by atoms with Crippen molar-refractivity contribution in [3.05, 3.63) is 39.6 Å². The zero-order valence-corrected chi connectivity index (χ0v) is 18.9. The molecule has 1 N–H and O–H groups in total. The number of halogens is 6. The minimum Gasteiger partial charge on any atom is -0.372 e. The fourth-order valence-corrected chi connectivity index (χ4v) is 4.10. The van der Waals surface area contributed by atoms with Gasteiger partial charge in [-0.05, 0) is 6.42 Å². The van der Waals surface area contributed by atoms with E-state index in [-0.39, 0.29) is 56.5 Å². The monoisotopic (exact) mass is 521 g/mol. The molecule has 2 aromatic rings.